The molecule has 12 nitrogen and oxygen atoms in total. The summed E-state index contributed by atoms with van der Waals surface area (Å²) in [4.78, 5) is 58.0. The van der Waals surface area contributed by atoms with Gasteiger partial charge in [0.2, 0.25) is 5.91 Å². The number of methoxy groups -OCH3 is 1. The zero-order valence-corrected chi connectivity index (χ0v) is 34.0. The second-order valence-corrected chi connectivity index (χ2v) is 14.2. The topological polar surface area (TPSA) is 146 Å². The van der Waals surface area contributed by atoms with Crippen LogP contribution in [0.2, 0.25) is 0 Å². The molecule has 2 saturated heterocycles. The molecule has 2 aromatic heterocycles. The number of aromatic nitrogens is 4. The number of imidazole rings is 2. The first-order valence-corrected chi connectivity index (χ1v) is 17.2. The lowest BCUT2D eigenvalue weighted by atomic mass is 10.0. The van der Waals surface area contributed by atoms with Crippen LogP contribution in [-0.4, -0.2) is 79.7 Å². The molecule has 2 fully saturated rings. The molecule has 3 atom stereocenters. The quantitative estimate of drug-likeness (QED) is 0.182. The van der Waals surface area contributed by atoms with Gasteiger partial charge in [0.25, 0.3) is 0 Å². The molecule has 3 amide bonds. The second kappa shape index (κ2) is 18.2. The number of hydrogen-bond acceptors (Lipinski definition) is 7. The summed E-state index contributed by atoms with van der Waals surface area (Å²) in [5, 5.41) is 2.69. The Labute approximate surface area is 331 Å². The lowest BCUT2D eigenvalue weighted by molar-refractivity contribution is -0.135. The van der Waals surface area contributed by atoms with Crippen molar-refractivity contribution >= 4 is 69.6 Å². The highest BCUT2D eigenvalue weighted by Crippen LogP contribution is 2.34. The second-order valence-electron chi connectivity index (χ2n) is 14.2. The molecule has 2 aliphatic heterocycles. The molecular formula is C38H51N7O5S3. The fraction of sp³-hybridized carbons (Fsp3) is 0.447. The highest BCUT2D eigenvalue weighted by molar-refractivity contribution is 7.59. The van der Waals surface area contributed by atoms with Crippen LogP contribution in [0.25, 0.3) is 22.3 Å². The first kappa shape index (κ1) is 43.1. The molecule has 0 bridgehead atoms. The molecule has 2 aromatic carbocycles. The van der Waals surface area contributed by atoms with Crippen LogP contribution >= 0.6 is 40.5 Å². The lowest BCUT2D eigenvalue weighted by Gasteiger charge is -2.30. The minimum atomic E-state index is -0.682. The number of H-pyrrole nitrogens is 2. The monoisotopic (exact) mass is 781 g/mol. The van der Waals surface area contributed by atoms with Gasteiger partial charge in [-0.15, -0.1) is 0 Å². The van der Waals surface area contributed by atoms with E-state index >= 15 is 0 Å². The smallest absolute Gasteiger partial charge is 0.410 e. The lowest BCUT2D eigenvalue weighted by Crippen LogP contribution is -2.51. The molecule has 0 unspecified atom stereocenters. The molecule has 4 heterocycles. The van der Waals surface area contributed by atoms with E-state index in [9.17, 15) is 14.4 Å². The number of ether oxygens (including phenoxy) is 2. The van der Waals surface area contributed by atoms with Crippen molar-refractivity contribution in [3.63, 3.8) is 0 Å². The van der Waals surface area contributed by atoms with E-state index < -0.39 is 17.7 Å². The van der Waals surface area contributed by atoms with E-state index in [1.807, 2.05) is 77.1 Å². The number of carbonyl (C=O) groups excluding carboxylic acids is 3. The third-order valence-electron chi connectivity index (χ3n) is 9.08. The highest BCUT2D eigenvalue weighted by Gasteiger charge is 2.38. The number of nitrogens with one attached hydrogen (secondary N) is 3. The summed E-state index contributed by atoms with van der Waals surface area (Å²) < 4.78 is 10.4. The van der Waals surface area contributed by atoms with Gasteiger partial charge in [0.15, 0.2) is 0 Å². The Bertz CT molecular complexity index is 1940. The number of likely N-dealkylation sites (tertiary alicyclic amines) is 2. The normalized spacial score (nSPS) is 17.2. The van der Waals surface area contributed by atoms with Crippen molar-refractivity contribution in [3.05, 3.63) is 71.4 Å². The number of aromatic amines is 2. The Morgan fingerprint density at radius 1 is 0.887 bits per heavy atom. The van der Waals surface area contributed by atoms with Gasteiger partial charge in [-0.1, -0.05) is 37.8 Å². The number of hydrogen-bond donors (Lipinski definition) is 3. The van der Waals surface area contributed by atoms with Crippen molar-refractivity contribution in [2.24, 2.45) is 5.92 Å². The van der Waals surface area contributed by atoms with Crippen LogP contribution in [-0.2, 0) is 14.3 Å². The summed E-state index contributed by atoms with van der Waals surface area (Å²) in [7, 11) is 1.29. The summed E-state index contributed by atoms with van der Waals surface area (Å²) >= 11 is 0. The molecule has 286 valence electrons. The van der Waals surface area contributed by atoms with Gasteiger partial charge < -0.3 is 29.7 Å². The fourth-order valence-electron chi connectivity index (χ4n) is 6.58. The average molecular weight is 782 g/mol. The zero-order chi connectivity index (χ0) is 35.6. The number of fused-ring (bicyclic) bond motifs is 1. The van der Waals surface area contributed by atoms with Gasteiger partial charge in [0, 0.05) is 24.2 Å². The standard InChI is InChI=1S/C38H45N7O5.3H2S/c1-23(2)32(43-36(47)49-6)35(46)44-19-7-9-30(44)33-39-22-29(42-33)26-16-13-24(14-17-26)11-12-25-15-18-27-28(21-25)41-34(40-27)31-10-8-20-45(31)37(48)50-38(3,4)5;;;/h13-18,21-23,30-32H,7-10,19-20H2,1-6H3,(H,39,42)(H,40,41)(H,43,47);3*1H2/t30-,31-,32-;;;/m0.../s1. The van der Waals surface area contributed by atoms with E-state index in [0.29, 0.717) is 13.1 Å². The van der Waals surface area contributed by atoms with E-state index in [1.165, 1.54) is 7.11 Å². The fourth-order valence-corrected chi connectivity index (χ4v) is 6.58. The Hall–Kier alpha value is -4.26. The van der Waals surface area contributed by atoms with Gasteiger partial charge in [0.05, 0.1) is 42.1 Å². The number of rotatable bonds is 6. The van der Waals surface area contributed by atoms with Crippen LogP contribution in [0.3, 0.4) is 0 Å². The number of alkyl carbamates (subject to hydrolysis) is 1. The molecule has 0 saturated carbocycles. The van der Waals surface area contributed by atoms with Crippen LogP contribution in [0.1, 0.15) is 95.2 Å². The SMILES string of the molecule is COC(=O)N[C@H](C(=O)N1CCC[C@H]1c1ncc(-c2ccc(C#Cc3ccc4nc([C@@H]5CCCN5C(=O)OC(C)(C)C)[nH]c4c3)cc2)[nH]1)C(C)C.S.S.S. The van der Waals surface area contributed by atoms with Crippen LogP contribution in [0.15, 0.2) is 48.7 Å². The highest BCUT2D eigenvalue weighted by atomic mass is 32.1. The Kier molecular flexibility index (Phi) is 14.8. The van der Waals surface area contributed by atoms with Crippen LogP contribution in [0.5, 0.6) is 0 Å². The van der Waals surface area contributed by atoms with Crippen molar-refractivity contribution in [2.75, 3.05) is 20.2 Å². The van der Waals surface area contributed by atoms with E-state index in [4.69, 9.17) is 14.5 Å². The van der Waals surface area contributed by atoms with Crippen LogP contribution < -0.4 is 5.32 Å². The van der Waals surface area contributed by atoms with Gasteiger partial charge in [-0.3, -0.25) is 9.69 Å². The maximum Gasteiger partial charge on any atom is 0.410 e. The van der Waals surface area contributed by atoms with Gasteiger partial charge in [0.1, 0.15) is 23.3 Å². The number of carbonyl (C=O) groups is 3. The molecule has 15 heteroatoms. The summed E-state index contributed by atoms with van der Waals surface area (Å²) in [6.45, 7) is 10.7. The molecule has 4 aromatic rings. The van der Waals surface area contributed by atoms with Gasteiger partial charge in [-0.05, 0) is 88.3 Å². The Balaban J connectivity index is 0.00000252. The number of benzene rings is 2. The third kappa shape index (κ3) is 10.0. The van der Waals surface area contributed by atoms with Crippen molar-refractivity contribution in [2.45, 2.75) is 84.0 Å². The summed E-state index contributed by atoms with van der Waals surface area (Å²) in [6.07, 6.45) is 4.21. The van der Waals surface area contributed by atoms with Gasteiger partial charge in [-0.25, -0.2) is 19.6 Å². The van der Waals surface area contributed by atoms with Gasteiger partial charge in [-0.2, -0.15) is 40.5 Å². The first-order chi connectivity index (χ1) is 23.9. The maximum absolute atomic E-state index is 13.5. The Morgan fingerprint density at radius 2 is 1.51 bits per heavy atom. The minimum absolute atomic E-state index is 0. The largest absolute Gasteiger partial charge is 0.453 e. The van der Waals surface area contributed by atoms with E-state index in [1.54, 1.807) is 16.0 Å². The third-order valence-corrected chi connectivity index (χ3v) is 9.08. The van der Waals surface area contributed by atoms with Crippen molar-refractivity contribution in [3.8, 4) is 23.1 Å². The minimum Gasteiger partial charge on any atom is -0.453 e. The van der Waals surface area contributed by atoms with E-state index in [-0.39, 0.29) is 70.5 Å². The summed E-state index contributed by atoms with van der Waals surface area (Å²) in [5.41, 5.74) is 4.66. The molecule has 0 aliphatic carbocycles. The molecule has 0 spiro atoms. The predicted octanol–water partition coefficient (Wildman–Crippen LogP) is 6.81. The number of amides is 3. The first-order valence-electron chi connectivity index (χ1n) is 17.2. The predicted molar refractivity (Wildman–Crippen MR) is 220 cm³/mol. The molecule has 0 radical (unpaired) electrons. The summed E-state index contributed by atoms with van der Waals surface area (Å²) in [5.74, 6) is 7.75. The molecular weight excluding hydrogens is 731 g/mol. The average Bonchev–Trinajstić information content (AvgIpc) is 3.90. The van der Waals surface area contributed by atoms with Crippen molar-refractivity contribution < 1.29 is 23.9 Å². The Morgan fingerprint density at radius 3 is 2.15 bits per heavy atom. The van der Waals surface area contributed by atoms with Crippen molar-refractivity contribution in [1.29, 1.82) is 0 Å². The number of nitrogens with zero attached hydrogens (tertiary/aromatic N) is 4. The zero-order valence-electron chi connectivity index (χ0n) is 31.0. The van der Waals surface area contributed by atoms with E-state index in [2.05, 4.69) is 32.1 Å². The summed E-state index contributed by atoms with van der Waals surface area (Å²) in [6, 6.07) is 12.8. The molecule has 53 heavy (non-hydrogen) atoms. The molecule has 2 aliphatic rings. The van der Waals surface area contributed by atoms with Crippen LogP contribution in [0.4, 0.5) is 9.59 Å². The maximum atomic E-state index is 13.5. The van der Waals surface area contributed by atoms with Gasteiger partial charge >= 0.3 is 12.2 Å². The molecule has 3 N–H and O–H groups in total. The van der Waals surface area contributed by atoms with Crippen molar-refractivity contribution in [1.82, 2.24) is 35.1 Å². The van der Waals surface area contributed by atoms with Crippen LogP contribution in [0, 0.1) is 17.8 Å². The molecule has 6 rings (SSSR count). The van der Waals surface area contributed by atoms with E-state index in [0.717, 1.165) is 70.7 Å².